The highest BCUT2D eigenvalue weighted by Gasteiger charge is 1.84. The van der Waals surface area contributed by atoms with Gasteiger partial charge in [-0.05, 0) is 25.1 Å². The Morgan fingerprint density at radius 2 is 1.75 bits per heavy atom. The van der Waals surface area contributed by atoms with E-state index in [2.05, 4.69) is 37.3 Å². The molecule has 0 aromatic heterocycles. The summed E-state index contributed by atoms with van der Waals surface area (Å²) in [5.74, 6) is 0. The van der Waals surface area contributed by atoms with Gasteiger partial charge in [0.25, 0.3) is 0 Å². The minimum Gasteiger partial charge on any atom is -0.313 e. The molecule has 0 amide bonds. The first kappa shape index (κ1) is 10.9. The van der Waals surface area contributed by atoms with Crippen molar-refractivity contribution < 1.29 is 0 Å². The van der Waals surface area contributed by atoms with Crippen LogP contribution in [0, 0.1) is 5.41 Å². The van der Waals surface area contributed by atoms with Gasteiger partial charge < -0.3 is 5.41 Å². The van der Waals surface area contributed by atoms with Crippen molar-refractivity contribution in [3.05, 3.63) is 35.9 Å². The van der Waals surface area contributed by atoms with E-state index in [1.54, 1.807) is 6.92 Å². The first-order valence-electron chi connectivity index (χ1n) is 4.34. The number of rotatable bonds is 2. The zero-order chi connectivity index (χ0) is 9.23. The molecule has 1 N–H and O–H groups in total. The van der Waals surface area contributed by atoms with E-state index < -0.39 is 0 Å². The van der Waals surface area contributed by atoms with E-state index in [0.29, 0.717) is 0 Å². The molecular weight excluding hydrogens is 146 g/mol. The molecule has 1 rings (SSSR count). The molecule has 0 atom stereocenters. The summed E-state index contributed by atoms with van der Waals surface area (Å²) in [7, 11) is 0. The molecule has 12 heavy (non-hydrogen) atoms. The quantitative estimate of drug-likeness (QED) is 0.647. The fourth-order valence-corrected chi connectivity index (χ4v) is 0.933. The SMILES string of the molecule is CC=N.CCCc1ccccc1. The van der Waals surface area contributed by atoms with E-state index >= 15 is 0 Å². The number of benzene rings is 1. The molecule has 0 aliphatic heterocycles. The van der Waals surface area contributed by atoms with Gasteiger partial charge in [-0.15, -0.1) is 0 Å². The van der Waals surface area contributed by atoms with Gasteiger partial charge in [0, 0.05) is 0 Å². The van der Waals surface area contributed by atoms with Gasteiger partial charge in [-0.1, -0.05) is 43.7 Å². The van der Waals surface area contributed by atoms with Crippen molar-refractivity contribution in [1.82, 2.24) is 0 Å². The van der Waals surface area contributed by atoms with Gasteiger partial charge in [0.05, 0.1) is 0 Å². The third-order valence-corrected chi connectivity index (χ3v) is 1.38. The van der Waals surface area contributed by atoms with Crippen molar-refractivity contribution in [2.45, 2.75) is 26.7 Å². The van der Waals surface area contributed by atoms with Crippen LogP contribution in [-0.4, -0.2) is 6.21 Å². The summed E-state index contributed by atoms with van der Waals surface area (Å²) in [6, 6.07) is 10.6. The second kappa shape index (κ2) is 7.99. The highest BCUT2D eigenvalue weighted by Crippen LogP contribution is 2.00. The van der Waals surface area contributed by atoms with Crippen LogP contribution in [0.25, 0.3) is 0 Å². The molecule has 1 aromatic carbocycles. The third kappa shape index (κ3) is 5.66. The Balaban J connectivity index is 0.000000354. The van der Waals surface area contributed by atoms with Crippen LogP contribution in [0.2, 0.25) is 0 Å². The molecule has 0 heterocycles. The Morgan fingerprint density at radius 3 is 2.17 bits per heavy atom. The van der Waals surface area contributed by atoms with Crippen LogP contribution in [0.4, 0.5) is 0 Å². The Kier molecular flexibility index (Phi) is 7.25. The molecule has 0 radical (unpaired) electrons. The zero-order valence-corrected chi connectivity index (χ0v) is 7.88. The van der Waals surface area contributed by atoms with Crippen LogP contribution in [0.15, 0.2) is 30.3 Å². The lowest BCUT2D eigenvalue weighted by atomic mass is 10.1. The van der Waals surface area contributed by atoms with Crippen molar-refractivity contribution in [3.8, 4) is 0 Å². The van der Waals surface area contributed by atoms with E-state index in [4.69, 9.17) is 5.41 Å². The molecule has 1 aromatic rings. The largest absolute Gasteiger partial charge is 0.313 e. The van der Waals surface area contributed by atoms with Gasteiger partial charge in [0.1, 0.15) is 0 Å². The third-order valence-electron chi connectivity index (χ3n) is 1.38. The molecular formula is C11H17N. The fraction of sp³-hybridized carbons (Fsp3) is 0.364. The summed E-state index contributed by atoms with van der Waals surface area (Å²) in [5, 5.41) is 6.08. The lowest BCUT2D eigenvalue weighted by Crippen LogP contribution is -1.78. The normalized spacial score (nSPS) is 8.17. The van der Waals surface area contributed by atoms with Gasteiger partial charge in [-0.25, -0.2) is 0 Å². The highest BCUT2D eigenvalue weighted by molar-refractivity contribution is 5.48. The van der Waals surface area contributed by atoms with Gasteiger partial charge in [0.15, 0.2) is 0 Å². The van der Waals surface area contributed by atoms with E-state index in [1.165, 1.54) is 24.6 Å². The minimum atomic E-state index is 1.21. The van der Waals surface area contributed by atoms with Gasteiger partial charge in [0.2, 0.25) is 0 Å². The number of hydrogen-bond donors (Lipinski definition) is 1. The Bertz CT molecular complexity index is 191. The zero-order valence-electron chi connectivity index (χ0n) is 7.88. The summed E-state index contributed by atoms with van der Waals surface area (Å²) in [6.07, 6.45) is 3.70. The van der Waals surface area contributed by atoms with Crippen LogP contribution in [0.1, 0.15) is 25.8 Å². The smallest absolute Gasteiger partial charge is 0.00788 e. The van der Waals surface area contributed by atoms with Crippen LogP contribution in [0.3, 0.4) is 0 Å². The van der Waals surface area contributed by atoms with Crippen molar-refractivity contribution >= 4 is 6.21 Å². The van der Waals surface area contributed by atoms with E-state index in [0.717, 1.165) is 0 Å². The molecule has 66 valence electrons. The lowest BCUT2D eigenvalue weighted by molar-refractivity contribution is 0.922. The molecule has 0 bridgehead atoms. The summed E-state index contributed by atoms with van der Waals surface area (Å²) in [4.78, 5) is 0. The Hall–Kier alpha value is -1.11. The maximum absolute atomic E-state index is 6.08. The van der Waals surface area contributed by atoms with Crippen LogP contribution >= 0.6 is 0 Å². The first-order chi connectivity index (χ1) is 5.85. The number of hydrogen-bond acceptors (Lipinski definition) is 1. The van der Waals surface area contributed by atoms with Crippen LogP contribution in [-0.2, 0) is 6.42 Å². The second-order valence-corrected chi connectivity index (χ2v) is 2.52. The molecule has 0 aliphatic carbocycles. The highest BCUT2D eigenvalue weighted by atomic mass is 14.3. The molecule has 0 saturated carbocycles. The summed E-state index contributed by atoms with van der Waals surface area (Å²) >= 11 is 0. The van der Waals surface area contributed by atoms with E-state index in [-0.39, 0.29) is 0 Å². The lowest BCUT2D eigenvalue weighted by Gasteiger charge is -1.93. The molecule has 1 nitrogen and oxygen atoms in total. The second-order valence-electron chi connectivity index (χ2n) is 2.52. The van der Waals surface area contributed by atoms with Crippen LogP contribution in [0.5, 0.6) is 0 Å². The standard InChI is InChI=1S/C9H12.C2H5N/c1-2-6-9-7-4-3-5-8-9;1-2-3/h3-5,7-8H,2,6H2,1H3;2-3H,1H3. The molecule has 0 fully saturated rings. The fourth-order valence-electron chi connectivity index (χ4n) is 0.933. The van der Waals surface area contributed by atoms with Gasteiger partial charge in [-0.3, -0.25) is 0 Å². The number of nitrogens with one attached hydrogen (secondary N) is 1. The van der Waals surface area contributed by atoms with Crippen molar-refractivity contribution in [1.29, 1.82) is 5.41 Å². The van der Waals surface area contributed by atoms with Crippen molar-refractivity contribution in [2.24, 2.45) is 0 Å². The summed E-state index contributed by atoms with van der Waals surface area (Å²) < 4.78 is 0. The van der Waals surface area contributed by atoms with E-state index in [1.807, 2.05) is 0 Å². The predicted octanol–water partition coefficient (Wildman–Crippen LogP) is 3.29. The molecule has 0 aliphatic rings. The van der Waals surface area contributed by atoms with Crippen molar-refractivity contribution in [2.75, 3.05) is 0 Å². The average Bonchev–Trinajstić information content (AvgIpc) is 2.08. The monoisotopic (exact) mass is 163 g/mol. The molecule has 0 saturated heterocycles. The van der Waals surface area contributed by atoms with Gasteiger partial charge in [-0.2, -0.15) is 0 Å². The maximum Gasteiger partial charge on any atom is -0.00788 e. The topological polar surface area (TPSA) is 23.9 Å². The average molecular weight is 163 g/mol. The first-order valence-corrected chi connectivity index (χ1v) is 4.34. The predicted molar refractivity (Wildman–Crippen MR) is 54.9 cm³/mol. The molecule has 1 heteroatoms. The Labute approximate surface area is 74.9 Å². The molecule has 0 spiro atoms. The minimum absolute atomic E-state index is 1.21. The van der Waals surface area contributed by atoms with Crippen molar-refractivity contribution in [3.63, 3.8) is 0 Å². The van der Waals surface area contributed by atoms with Gasteiger partial charge >= 0.3 is 0 Å². The summed E-state index contributed by atoms with van der Waals surface area (Å²) in [6.45, 7) is 3.87. The van der Waals surface area contributed by atoms with Crippen LogP contribution < -0.4 is 0 Å². The maximum atomic E-state index is 6.08. The summed E-state index contributed by atoms with van der Waals surface area (Å²) in [5.41, 5.74) is 1.44. The molecule has 0 unspecified atom stereocenters. The Morgan fingerprint density at radius 1 is 1.25 bits per heavy atom. The number of aryl methyl sites for hydroxylation is 1. The van der Waals surface area contributed by atoms with E-state index in [9.17, 15) is 0 Å².